The van der Waals surface area contributed by atoms with Crippen LogP contribution in [0.2, 0.25) is 0 Å². The van der Waals surface area contributed by atoms with Crippen LogP contribution < -0.4 is 4.90 Å². The van der Waals surface area contributed by atoms with Crippen LogP contribution >= 0.6 is 56.0 Å². The maximum Gasteiger partial charge on any atom is 0.0594 e. The van der Waals surface area contributed by atoms with E-state index in [2.05, 4.69) is 78.1 Å². The quantitative estimate of drug-likeness (QED) is 0.494. The summed E-state index contributed by atoms with van der Waals surface area (Å²) in [6.07, 6.45) is 1.15. The molecule has 1 fully saturated rings. The molecule has 26 heavy (non-hydrogen) atoms. The van der Waals surface area contributed by atoms with Crippen molar-refractivity contribution in [1.82, 2.24) is 4.90 Å². The van der Waals surface area contributed by atoms with Gasteiger partial charge in [0.1, 0.15) is 0 Å². The van der Waals surface area contributed by atoms with Crippen LogP contribution in [0.25, 0.3) is 0 Å². The Morgan fingerprint density at radius 1 is 0.885 bits per heavy atom. The van der Waals surface area contributed by atoms with E-state index in [1.807, 2.05) is 11.8 Å². The highest BCUT2D eigenvalue weighted by molar-refractivity contribution is 9.10. The largest absolute Gasteiger partial charge is 0.379 e. The lowest BCUT2D eigenvalue weighted by molar-refractivity contribution is 0.0377. The molecule has 0 aromatic heterocycles. The van der Waals surface area contributed by atoms with Crippen LogP contribution in [0, 0.1) is 0 Å². The van der Waals surface area contributed by atoms with E-state index in [-0.39, 0.29) is 12.4 Å². The SMILES string of the molecule is Brc1ccc2c(c1)Sc1cc(Br)ccc1N2CCCN1CCOCC1.Cl. The molecule has 0 amide bonds. The zero-order valence-electron chi connectivity index (χ0n) is 14.3. The third kappa shape index (κ3) is 4.59. The zero-order chi connectivity index (χ0) is 17.2. The van der Waals surface area contributed by atoms with E-state index in [9.17, 15) is 0 Å². The Balaban J connectivity index is 0.00000196. The minimum absolute atomic E-state index is 0. The number of hydrogen-bond donors (Lipinski definition) is 0. The first-order chi connectivity index (χ1) is 12.2. The van der Waals surface area contributed by atoms with Gasteiger partial charge in [0.25, 0.3) is 0 Å². The number of fused-ring (bicyclic) bond motifs is 2. The summed E-state index contributed by atoms with van der Waals surface area (Å²) < 4.78 is 7.71. The van der Waals surface area contributed by atoms with Crippen molar-refractivity contribution in [3.05, 3.63) is 45.3 Å². The van der Waals surface area contributed by atoms with Crippen molar-refractivity contribution in [3.8, 4) is 0 Å². The molecule has 0 bridgehead atoms. The Kier molecular flexibility index (Phi) is 7.33. The summed E-state index contributed by atoms with van der Waals surface area (Å²) in [5.41, 5.74) is 2.62. The fraction of sp³-hybridized carbons (Fsp3) is 0.368. The topological polar surface area (TPSA) is 15.7 Å². The molecule has 0 radical (unpaired) electrons. The molecule has 2 aromatic carbocycles. The van der Waals surface area contributed by atoms with Crippen LogP contribution in [-0.4, -0.2) is 44.3 Å². The van der Waals surface area contributed by atoms with Crippen LogP contribution in [0.5, 0.6) is 0 Å². The first-order valence-electron chi connectivity index (χ1n) is 8.55. The maximum atomic E-state index is 5.45. The highest BCUT2D eigenvalue weighted by atomic mass is 79.9. The van der Waals surface area contributed by atoms with Crippen molar-refractivity contribution in [1.29, 1.82) is 0 Å². The van der Waals surface area contributed by atoms with Crippen molar-refractivity contribution < 1.29 is 4.74 Å². The minimum atomic E-state index is 0. The summed E-state index contributed by atoms with van der Waals surface area (Å²) in [5, 5.41) is 0. The molecule has 2 aliphatic rings. The van der Waals surface area contributed by atoms with Gasteiger partial charge in [0.05, 0.1) is 24.6 Å². The Labute approximate surface area is 182 Å². The molecule has 0 unspecified atom stereocenters. The number of nitrogens with zero attached hydrogens (tertiary/aromatic N) is 2. The molecule has 2 aromatic rings. The molecule has 1 saturated heterocycles. The number of halogens is 3. The van der Waals surface area contributed by atoms with Crippen LogP contribution in [0.15, 0.2) is 55.1 Å². The molecule has 2 aliphatic heterocycles. The van der Waals surface area contributed by atoms with Gasteiger partial charge < -0.3 is 9.64 Å². The number of benzene rings is 2. The van der Waals surface area contributed by atoms with Gasteiger partial charge in [-0.25, -0.2) is 0 Å². The third-order valence-corrected chi connectivity index (χ3v) is 6.69. The van der Waals surface area contributed by atoms with E-state index in [1.54, 1.807) is 0 Å². The molecule has 2 heterocycles. The summed E-state index contributed by atoms with van der Waals surface area (Å²) in [7, 11) is 0. The summed E-state index contributed by atoms with van der Waals surface area (Å²) in [6.45, 7) is 6.01. The molecule has 4 rings (SSSR count). The number of anilines is 2. The fourth-order valence-electron chi connectivity index (χ4n) is 3.35. The number of rotatable bonds is 4. The van der Waals surface area contributed by atoms with Gasteiger partial charge >= 0.3 is 0 Å². The average molecular weight is 521 g/mol. The van der Waals surface area contributed by atoms with Gasteiger partial charge in [-0.3, -0.25) is 4.90 Å². The molecular weight excluding hydrogens is 500 g/mol. The Bertz CT molecular complexity index is 720. The van der Waals surface area contributed by atoms with Gasteiger partial charge in [-0.2, -0.15) is 0 Å². The monoisotopic (exact) mass is 518 g/mol. The highest BCUT2D eigenvalue weighted by Gasteiger charge is 2.24. The first kappa shape index (κ1) is 20.5. The van der Waals surface area contributed by atoms with Gasteiger partial charge in [-0.05, 0) is 42.8 Å². The summed E-state index contributed by atoms with van der Waals surface area (Å²) in [5.74, 6) is 0. The molecule has 7 heteroatoms. The second-order valence-corrected chi connectivity index (χ2v) is 9.20. The zero-order valence-corrected chi connectivity index (χ0v) is 19.1. The van der Waals surface area contributed by atoms with E-state index in [1.165, 1.54) is 21.2 Å². The van der Waals surface area contributed by atoms with Crippen molar-refractivity contribution in [2.24, 2.45) is 0 Å². The molecular formula is C19H21Br2ClN2OS. The van der Waals surface area contributed by atoms with Gasteiger partial charge in [0.15, 0.2) is 0 Å². The van der Waals surface area contributed by atoms with Crippen LogP contribution in [0.3, 0.4) is 0 Å². The van der Waals surface area contributed by atoms with E-state index < -0.39 is 0 Å². The Morgan fingerprint density at radius 2 is 1.46 bits per heavy atom. The van der Waals surface area contributed by atoms with E-state index in [4.69, 9.17) is 4.74 Å². The predicted octanol–water partition coefficient (Wildman–Crippen LogP) is 5.96. The molecule has 140 valence electrons. The second-order valence-electron chi connectivity index (χ2n) is 6.29. The molecule has 0 atom stereocenters. The Hall–Kier alpha value is -0.240. The lowest BCUT2D eigenvalue weighted by Crippen LogP contribution is -2.38. The average Bonchev–Trinajstić information content (AvgIpc) is 2.61. The van der Waals surface area contributed by atoms with Gasteiger partial charge in [0.2, 0.25) is 0 Å². The van der Waals surface area contributed by atoms with E-state index in [0.717, 1.165) is 54.8 Å². The number of morpholine rings is 1. The lowest BCUT2D eigenvalue weighted by Gasteiger charge is -2.34. The molecule has 3 nitrogen and oxygen atoms in total. The normalized spacial score (nSPS) is 16.6. The standard InChI is InChI=1S/C19H20Br2N2OS.ClH/c20-14-2-4-16-18(12-14)25-19-13-15(21)3-5-17(19)23(16)7-1-6-22-8-10-24-11-9-22;/h2-5,12-13H,1,6-11H2;1H. The first-order valence-corrected chi connectivity index (χ1v) is 11.0. The van der Waals surface area contributed by atoms with Crippen molar-refractivity contribution in [3.63, 3.8) is 0 Å². The number of hydrogen-bond acceptors (Lipinski definition) is 4. The van der Waals surface area contributed by atoms with Crippen molar-refractivity contribution in [2.45, 2.75) is 16.2 Å². The van der Waals surface area contributed by atoms with Crippen molar-refractivity contribution in [2.75, 3.05) is 44.3 Å². The van der Waals surface area contributed by atoms with Gasteiger partial charge in [-0.1, -0.05) is 43.6 Å². The van der Waals surface area contributed by atoms with Crippen LogP contribution in [-0.2, 0) is 4.74 Å². The lowest BCUT2D eigenvalue weighted by atomic mass is 10.2. The second kappa shape index (κ2) is 9.30. The predicted molar refractivity (Wildman–Crippen MR) is 119 cm³/mol. The third-order valence-electron chi connectivity index (χ3n) is 4.60. The maximum absolute atomic E-state index is 5.45. The molecule has 0 saturated carbocycles. The smallest absolute Gasteiger partial charge is 0.0594 e. The molecule has 0 aliphatic carbocycles. The van der Waals surface area contributed by atoms with Gasteiger partial charge in [0, 0.05) is 44.9 Å². The van der Waals surface area contributed by atoms with Gasteiger partial charge in [-0.15, -0.1) is 12.4 Å². The van der Waals surface area contributed by atoms with Crippen molar-refractivity contribution >= 4 is 67.4 Å². The fourth-order valence-corrected chi connectivity index (χ4v) is 5.55. The minimum Gasteiger partial charge on any atom is -0.379 e. The highest BCUT2D eigenvalue weighted by Crippen LogP contribution is 2.49. The van der Waals surface area contributed by atoms with Crippen LogP contribution in [0.1, 0.15) is 6.42 Å². The molecule has 0 N–H and O–H groups in total. The van der Waals surface area contributed by atoms with E-state index >= 15 is 0 Å². The van der Waals surface area contributed by atoms with Crippen LogP contribution in [0.4, 0.5) is 11.4 Å². The number of ether oxygens (including phenoxy) is 1. The summed E-state index contributed by atoms with van der Waals surface area (Å²) >= 11 is 9.07. The summed E-state index contributed by atoms with van der Waals surface area (Å²) in [4.78, 5) is 7.60. The van der Waals surface area contributed by atoms with E-state index in [0.29, 0.717) is 0 Å². The summed E-state index contributed by atoms with van der Waals surface area (Å²) in [6, 6.07) is 13.2. The Morgan fingerprint density at radius 3 is 2.04 bits per heavy atom. The molecule has 0 spiro atoms.